The first-order valence-electron chi connectivity index (χ1n) is 8.51. The Kier molecular flexibility index (Phi) is 5.38. The molecule has 132 valence electrons. The third kappa shape index (κ3) is 4.21. The van der Waals surface area contributed by atoms with E-state index in [1.54, 1.807) is 17.2 Å². The van der Waals surface area contributed by atoms with Crippen molar-refractivity contribution >= 4 is 17.5 Å². The molecule has 2 heterocycles. The van der Waals surface area contributed by atoms with Crippen LogP contribution in [-0.4, -0.2) is 42.9 Å². The highest BCUT2D eigenvalue weighted by Crippen LogP contribution is 2.19. The standard InChI is InChI=1S/C19H23N3O3/c1-21(15-7-3-2-4-8-15)14-18(23)22-11-5-10-17(22)19(24)20-13-16-9-6-12-25-16/h2-4,6-9,12,17H,5,10-11,13-14H2,1H3,(H,20,24)/t17-/m1/s1. The van der Waals surface area contributed by atoms with Crippen LogP contribution in [0.1, 0.15) is 18.6 Å². The van der Waals surface area contributed by atoms with Crippen molar-refractivity contribution in [1.29, 1.82) is 0 Å². The molecule has 1 aliphatic rings. The minimum atomic E-state index is -0.397. The van der Waals surface area contributed by atoms with Gasteiger partial charge < -0.3 is 19.5 Å². The van der Waals surface area contributed by atoms with Crippen molar-refractivity contribution in [3.63, 3.8) is 0 Å². The molecule has 2 aromatic rings. The van der Waals surface area contributed by atoms with Gasteiger partial charge in [0.05, 0.1) is 19.4 Å². The molecule has 1 N–H and O–H groups in total. The van der Waals surface area contributed by atoms with E-state index >= 15 is 0 Å². The molecule has 6 heteroatoms. The molecule has 0 bridgehead atoms. The Balaban J connectivity index is 1.56. The van der Waals surface area contributed by atoms with Crippen molar-refractivity contribution in [2.24, 2.45) is 0 Å². The molecule has 0 radical (unpaired) electrons. The van der Waals surface area contributed by atoms with Crippen molar-refractivity contribution in [3.05, 3.63) is 54.5 Å². The van der Waals surface area contributed by atoms with Gasteiger partial charge in [-0.25, -0.2) is 0 Å². The predicted molar refractivity (Wildman–Crippen MR) is 95.0 cm³/mol. The number of carbonyl (C=O) groups is 2. The number of furan rings is 1. The highest BCUT2D eigenvalue weighted by Gasteiger charge is 2.34. The van der Waals surface area contributed by atoms with Crippen LogP contribution < -0.4 is 10.2 Å². The second-order valence-electron chi connectivity index (χ2n) is 6.23. The molecule has 1 aromatic carbocycles. The molecular formula is C19H23N3O3. The molecule has 3 rings (SSSR count). The first-order chi connectivity index (χ1) is 12.1. The number of hydrogen-bond donors (Lipinski definition) is 1. The maximum absolute atomic E-state index is 12.7. The Labute approximate surface area is 147 Å². The van der Waals surface area contributed by atoms with Crippen LogP contribution in [0, 0.1) is 0 Å². The van der Waals surface area contributed by atoms with E-state index in [9.17, 15) is 9.59 Å². The van der Waals surface area contributed by atoms with Crippen LogP contribution in [0.3, 0.4) is 0 Å². The summed E-state index contributed by atoms with van der Waals surface area (Å²) < 4.78 is 5.22. The highest BCUT2D eigenvalue weighted by atomic mass is 16.3. The van der Waals surface area contributed by atoms with Gasteiger partial charge in [0.15, 0.2) is 0 Å². The van der Waals surface area contributed by atoms with Gasteiger partial charge in [-0.2, -0.15) is 0 Å². The van der Waals surface area contributed by atoms with Crippen LogP contribution in [-0.2, 0) is 16.1 Å². The molecule has 0 saturated carbocycles. The number of nitrogens with one attached hydrogen (secondary N) is 1. The number of anilines is 1. The minimum absolute atomic E-state index is 0.0259. The van der Waals surface area contributed by atoms with Gasteiger partial charge in [0, 0.05) is 19.3 Å². The summed E-state index contributed by atoms with van der Waals surface area (Å²) in [6.45, 7) is 1.22. The van der Waals surface area contributed by atoms with Gasteiger partial charge in [-0.05, 0) is 37.1 Å². The van der Waals surface area contributed by atoms with Gasteiger partial charge >= 0.3 is 0 Å². The number of benzene rings is 1. The molecule has 0 spiro atoms. The van der Waals surface area contributed by atoms with Crippen LogP contribution in [0.15, 0.2) is 53.1 Å². The van der Waals surface area contributed by atoms with Crippen LogP contribution in [0.2, 0.25) is 0 Å². The second kappa shape index (κ2) is 7.88. The summed E-state index contributed by atoms with van der Waals surface area (Å²) in [5, 5.41) is 2.86. The Morgan fingerprint density at radius 2 is 2.04 bits per heavy atom. The van der Waals surface area contributed by atoms with E-state index in [4.69, 9.17) is 4.42 Å². The number of para-hydroxylation sites is 1. The number of amides is 2. The Morgan fingerprint density at radius 1 is 1.24 bits per heavy atom. The zero-order chi connectivity index (χ0) is 17.6. The van der Waals surface area contributed by atoms with Crippen molar-refractivity contribution in [2.45, 2.75) is 25.4 Å². The summed E-state index contributed by atoms with van der Waals surface area (Å²) in [5.74, 6) is 0.555. The quantitative estimate of drug-likeness (QED) is 0.873. The van der Waals surface area contributed by atoms with Gasteiger partial charge in [-0.15, -0.1) is 0 Å². The van der Waals surface area contributed by atoms with Gasteiger partial charge in [-0.3, -0.25) is 9.59 Å². The van der Waals surface area contributed by atoms with E-state index < -0.39 is 6.04 Å². The number of nitrogens with zero attached hydrogens (tertiary/aromatic N) is 2. The summed E-state index contributed by atoms with van der Waals surface area (Å²) in [6.07, 6.45) is 3.12. The fraction of sp³-hybridized carbons (Fsp3) is 0.368. The summed E-state index contributed by atoms with van der Waals surface area (Å²) >= 11 is 0. The average molecular weight is 341 g/mol. The van der Waals surface area contributed by atoms with Crippen LogP contribution in [0.25, 0.3) is 0 Å². The minimum Gasteiger partial charge on any atom is -0.467 e. The lowest BCUT2D eigenvalue weighted by molar-refractivity contribution is -0.137. The lowest BCUT2D eigenvalue weighted by atomic mass is 10.2. The topological polar surface area (TPSA) is 65.8 Å². The molecule has 1 fully saturated rings. The average Bonchev–Trinajstić information content (AvgIpc) is 3.32. The molecular weight excluding hydrogens is 318 g/mol. The van der Waals surface area contributed by atoms with E-state index in [0.717, 1.165) is 12.1 Å². The number of carbonyl (C=O) groups excluding carboxylic acids is 2. The van der Waals surface area contributed by atoms with Crippen molar-refractivity contribution < 1.29 is 14.0 Å². The SMILES string of the molecule is CN(CC(=O)N1CCC[C@@H]1C(=O)NCc1ccco1)c1ccccc1. The van der Waals surface area contributed by atoms with Crippen LogP contribution in [0.4, 0.5) is 5.69 Å². The maximum atomic E-state index is 12.7. The van der Waals surface area contributed by atoms with E-state index in [1.165, 1.54) is 0 Å². The van der Waals surface area contributed by atoms with Crippen LogP contribution in [0.5, 0.6) is 0 Å². The Bertz CT molecular complexity index is 700. The first kappa shape index (κ1) is 17.1. The number of rotatable bonds is 6. The molecule has 0 aliphatic carbocycles. The molecule has 2 amide bonds. The summed E-state index contributed by atoms with van der Waals surface area (Å²) in [6, 6.07) is 13.0. The lowest BCUT2D eigenvalue weighted by Crippen LogP contribution is -2.48. The van der Waals surface area contributed by atoms with Crippen LogP contribution >= 0.6 is 0 Å². The first-order valence-corrected chi connectivity index (χ1v) is 8.51. The van der Waals surface area contributed by atoms with Crippen molar-refractivity contribution in [3.8, 4) is 0 Å². The molecule has 1 saturated heterocycles. The molecule has 1 aromatic heterocycles. The second-order valence-corrected chi connectivity index (χ2v) is 6.23. The van der Waals surface area contributed by atoms with Gasteiger partial charge in [-0.1, -0.05) is 18.2 Å². The number of likely N-dealkylation sites (N-methyl/N-ethyl adjacent to an activating group) is 1. The maximum Gasteiger partial charge on any atom is 0.243 e. The van der Waals surface area contributed by atoms with Gasteiger partial charge in [0.1, 0.15) is 11.8 Å². The summed E-state index contributed by atoms with van der Waals surface area (Å²) in [4.78, 5) is 28.7. The van der Waals surface area contributed by atoms with E-state index in [1.807, 2.05) is 48.3 Å². The smallest absolute Gasteiger partial charge is 0.243 e. The number of hydrogen-bond acceptors (Lipinski definition) is 4. The van der Waals surface area contributed by atoms with Crippen molar-refractivity contribution in [2.75, 3.05) is 25.0 Å². The Hall–Kier alpha value is -2.76. The fourth-order valence-electron chi connectivity index (χ4n) is 3.11. The zero-order valence-corrected chi connectivity index (χ0v) is 14.4. The fourth-order valence-corrected chi connectivity index (χ4v) is 3.11. The summed E-state index contributed by atoms with van der Waals surface area (Å²) in [7, 11) is 1.88. The van der Waals surface area contributed by atoms with E-state index in [0.29, 0.717) is 25.3 Å². The van der Waals surface area contributed by atoms with E-state index in [-0.39, 0.29) is 18.4 Å². The molecule has 0 unspecified atom stereocenters. The normalized spacial score (nSPS) is 16.7. The van der Waals surface area contributed by atoms with E-state index in [2.05, 4.69) is 5.32 Å². The Morgan fingerprint density at radius 3 is 2.76 bits per heavy atom. The predicted octanol–water partition coefficient (Wildman–Crippen LogP) is 2.02. The third-order valence-corrected chi connectivity index (χ3v) is 4.46. The molecule has 6 nitrogen and oxygen atoms in total. The highest BCUT2D eigenvalue weighted by molar-refractivity contribution is 5.90. The monoisotopic (exact) mass is 341 g/mol. The van der Waals surface area contributed by atoms with Crippen molar-refractivity contribution in [1.82, 2.24) is 10.2 Å². The zero-order valence-electron chi connectivity index (χ0n) is 14.4. The molecule has 25 heavy (non-hydrogen) atoms. The molecule has 1 atom stereocenters. The van der Waals surface area contributed by atoms with Gasteiger partial charge in [0.2, 0.25) is 11.8 Å². The summed E-state index contributed by atoms with van der Waals surface area (Å²) in [5.41, 5.74) is 0.980. The largest absolute Gasteiger partial charge is 0.467 e. The number of likely N-dealkylation sites (tertiary alicyclic amines) is 1. The lowest BCUT2D eigenvalue weighted by Gasteiger charge is -2.27. The third-order valence-electron chi connectivity index (χ3n) is 4.46. The molecule has 1 aliphatic heterocycles. The van der Waals surface area contributed by atoms with Gasteiger partial charge in [0.25, 0.3) is 0 Å².